The third-order valence-electron chi connectivity index (χ3n) is 4.56. The Hall–Kier alpha value is -0.480. The van der Waals surface area contributed by atoms with Crippen LogP contribution in [0.4, 0.5) is 0 Å². The van der Waals surface area contributed by atoms with Crippen LogP contribution in [0.2, 0.25) is 0 Å². The summed E-state index contributed by atoms with van der Waals surface area (Å²) in [7, 11) is -2.11. The van der Waals surface area contributed by atoms with Crippen molar-refractivity contribution < 1.29 is 8.42 Å². The van der Waals surface area contributed by atoms with E-state index in [4.69, 9.17) is 0 Å². The first-order valence-electron chi connectivity index (χ1n) is 9.95. The van der Waals surface area contributed by atoms with Crippen molar-refractivity contribution >= 4 is 19.7 Å². The van der Waals surface area contributed by atoms with Gasteiger partial charge in [0.15, 0.2) is 0 Å². The van der Waals surface area contributed by atoms with Crippen molar-refractivity contribution in [3.05, 3.63) is 29.8 Å². The van der Waals surface area contributed by atoms with Gasteiger partial charge in [0.25, 0.3) is 0 Å². The van der Waals surface area contributed by atoms with Gasteiger partial charge in [0.05, 0.1) is 4.90 Å². The summed E-state index contributed by atoms with van der Waals surface area (Å²) in [5.41, 5.74) is 1.09. The summed E-state index contributed by atoms with van der Waals surface area (Å²) in [4.78, 5) is 0.429. The Morgan fingerprint density at radius 3 is 1.84 bits per heavy atom. The summed E-state index contributed by atoms with van der Waals surface area (Å²) >= 11 is 0. The Labute approximate surface area is 159 Å². The standard InChI is InChI=1S/C21H36O2S2/c1-4-5-6-7-8-9-10-11-12-13-14-20(3)24-25(22,23)21-17-15-19(2)16-18-21/h15-18,20H,4-14H2,1-3H3. The van der Waals surface area contributed by atoms with Gasteiger partial charge in [-0.1, -0.05) is 95.8 Å². The van der Waals surface area contributed by atoms with Gasteiger partial charge < -0.3 is 0 Å². The summed E-state index contributed by atoms with van der Waals surface area (Å²) in [6.07, 6.45) is 14.2. The van der Waals surface area contributed by atoms with Crippen LogP contribution in [-0.2, 0) is 8.87 Å². The monoisotopic (exact) mass is 384 g/mol. The normalized spacial score (nSPS) is 13.1. The van der Waals surface area contributed by atoms with Crippen LogP contribution in [0.5, 0.6) is 0 Å². The number of benzene rings is 1. The lowest BCUT2D eigenvalue weighted by Crippen LogP contribution is -2.04. The highest BCUT2D eigenvalue weighted by molar-refractivity contribution is 8.72. The minimum atomic E-state index is -3.22. The predicted octanol–water partition coefficient (Wildman–Crippen LogP) is 7.12. The average molecular weight is 385 g/mol. The van der Waals surface area contributed by atoms with Gasteiger partial charge in [-0.05, 0) is 36.3 Å². The van der Waals surface area contributed by atoms with Gasteiger partial charge in [0.1, 0.15) is 0 Å². The molecule has 0 aliphatic carbocycles. The lowest BCUT2D eigenvalue weighted by atomic mass is 10.1. The lowest BCUT2D eigenvalue weighted by molar-refractivity contribution is 0.549. The zero-order valence-electron chi connectivity index (χ0n) is 16.3. The molecular formula is C21H36O2S2. The van der Waals surface area contributed by atoms with Crippen LogP contribution in [-0.4, -0.2) is 13.7 Å². The summed E-state index contributed by atoms with van der Waals surface area (Å²) in [6, 6.07) is 7.15. The second kappa shape index (κ2) is 12.8. The molecule has 0 aliphatic rings. The molecule has 1 atom stereocenters. The fourth-order valence-corrected chi connectivity index (χ4v) is 6.47. The number of aryl methyl sites for hydroxylation is 1. The third-order valence-corrected chi connectivity index (χ3v) is 8.55. The second-order valence-corrected chi connectivity index (χ2v) is 11.4. The third kappa shape index (κ3) is 10.3. The van der Waals surface area contributed by atoms with Crippen molar-refractivity contribution in [3.63, 3.8) is 0 Å². The minimum Gasteiger partial charge on any atom is -0.212 e. The molecule has 144 valence electrons. The molecule has 1 aromatic rings. The van der Waals surface area contributed by atoms with Gasteiger partial charge in [0.2, 0.25) is 8.87 Å². The molecule has 0 spiro atoms. The van der Waals surface area contributed by atoms with Crippen LogP contribution in [0.1, 0.15) is 90.0 Å². The van der Waals surface area contributed by atoms with Crippen LogP contribution in [0.25, 0.3) is 0 Å². The number of hydrogen-bond acceptors (Lipinski definition) is 3. The maximum absolute atomic E-state index is 12.4. The maximum atomic E-state index is 12.4. The van der Waals surface area contributed by atoms with E-state index in [9.17, 15) is 8.42 Å². The van der Waals surface area contributed by atoms with E-state index in [0.717, 1.165) is 29.2 Å². The van der Waals surface area contributed by atoms with E-state index < -0.39 is 8.87 Å². The van der Waals surface area contributed by atoms with E-state index in [0.29, 0.717) is 4.90 Å². The van der Waals surface area contributed by atoms with E-state index in [-0.39, 0.29) is 5.25 Å². The summed E-state index contributed by atoms with van der Waals surface area (Å²) in [6.45, 7) is 6.26. The summed E-state index contributed by atoms with van der Waals surface area (Å²) in [5.74, 6) is 0. The Morgan fingerprint density at radius 2 is 1.32 bits per heavy atom. The number of hydrogen-bond donors (Lipinski definition) is 0. The Bertz CT molecular complexity index is 550. The Morgan fingerprint density at radius 1 is 0.840 bits per heavy atom. The molecule has 25 heavy (non-hydrogen) atoms. The number of rotatable bonds is 14. The van der Waals surface area contributed by atoms with Crippen molar-refractivity contribution in [2.24, 2.45) is 0 Å². The van der Waals surface area contributed by atoms with E-state index in [2.05, 4.69) is 6.92 Å². The molecule has 0 saturated heterocycles. The van der Waals surface area contributed by atoms with Gasteiger partial charge in [-0.25, -0.2) is 8.42 Å². The molecule has 0 saturated carbocycles. The molecule has 1 unspecified atom stereocenters. The Balaban J connectivity index is 2.12. The topological polar surface area (TPSA) is 34.1 Å². The quantitative estimate of drug-likeness (QED) is 0.253. The van der Waals surface area contributed by atoms with Crippen LogP contribution < -0.4 is 0 Å². The first kappa shape index (κ1) is 22.6. The predicted molar refractivity (Wildman–Crippen MR) is 112 cm³/mol. The molecule has 2 nitrogen and oxygen atoms in total. The highest BCUT2D eigenvalue weighted by Crippen LogP contribution is 2.30. The molecule has 1 rings (SSSR count). The zero-order chi connectivity index (χ0) is 18.5. The molecule has 0 radical (unpaired) electrons. The van der Waals surface area contributed by atoms with Gasteiger partial charge in [-0.15, -0.1) is 0 Å². The van der Waals surface area contributed by atoms with Gasteiger partial charge in [-0.2, -0.15) is 0 Å². The van der Waals surface area contributed by atoms with Gasteiger partial charge in [-0.3, -0.25) is 0 Å². The molecule has 0 bridgehead atoms. The van der Waals surface area contributed by atoms with E-state index in [1.165, 1.54) is 57.8 Å². The highest BCUT2D eigenvalue weighted by atomic mass is 33.1. The molecular weight excluding hydrogens is 348 g/mol. The van der Waals surface area contributed by atoms with E-state index >= 15 is 0 Å². The summed E-state index contributed by atoms with van der Waals surface area (Å²) < 4.78 is 24.8. The van der Waals surface area contributed by atoms with Crippen LogP contribution in [0.3, 0.4) is 0 Å². The van der Waals surface area contributed by atoms with Gasteiger partial charge in [0, 0.05) is 5.25 Å². The molecule has 4 heteroatoms. The molecule has 0 amide bonds. The maximum Gasteiger partial charge on any atom is 0.230 e. The average Bonchev–Trinajstić information content (AvgIpc) is 2.56. The molecule has 1 aromatic carbocycles. The van der Waals surface area contributed by atoms with Crippen LogP contribution in [0, 0.1) is 6.92 Å². The van der Waals surface area contributed by atoms with E-state index in [1.807, 2.05) is 26.0 Å². The first-order valence-corrected chi connectivity index (χ1v) is 12.8. The van der Waals surface area contributed by atoms with Crippen molar-refractivity contribution in [1.82, 2.24) is 0 Å². The molecule has 0 N–H and O–H groups in total. The van der Waals surface area contributed by atoms with Crippen molar-refractivity contribution in [3.8, 4) is 0 Å². The molecule has 0 heterocycles. The van der Waals surface area contributed by atoms with Crippen molar-refractivity contribution in [1.29, 1.82) is 0 Å². The highest BCUT2D eigenvalue weighted by Gasteiger charge is 2.19. The SMILES string of the molecule is CCCCCCCCCCCCC(C)SS(=O)(=O)c1ccc(C)cc1. The molecule has 0 aromatic heterocycles. The van der Waals surface area contributed by atoms with Crippen molar-refractivity contribution in [2.45, 2.75) is 102 Å². The van der Waals surface area contributed by atoms with Gasteiger partial charge >= 0.3 is 0 Å². The number of unbranched alkanes of at least 4 members (excludes halogenated alkanes) is 9. The van der Waals surface area contributed by atoms with Crippen LogP contribution in [0.15, 0.2) is 29.2 Å². The lowest BCUT2D eigenvalue weighted by Gasteiger charge is -2.11. The first-order chi connectivity index (χ1) is 12.0. The fraction of sp³-hybridized carbons (Fsp3) is 0.714. The Kier molecular flexibility index (Phi) is 11.6. The largest absolute Gasteiger partial charge is 0.230 e. The van der Waals surface area contributed by atoms with Crippen LogP contribution >= 0.6 is 10.8 Å². The second-order valence-electron chi connectivity index (χ2n) is 7.14. The zero-order valence-corrected chi connectivity index (χ0v) is 17.9. The summed E-state index contributed by atoms with van der Waals surface area (Å²) in [5, 5.41) is 0.153. The van der Waals surface area contributed by atoms with E-state index in [1.54, 1.807) is 12.1 Å². The van der Waals surface area contributed by atoms with Crippen molar-refractivity contribution in [2.75, 3.05) is 0 Å². The smallest absolute Gasteiger partial charge is 0.212 e. The fourth-order valence-electron chi connectivity index (χ4n) is 2.94. The molecule has 0 fully saturated rings. The molecule has 0 aliphatic heterocycles. The minimum absolute atomic E-state index is 0.153.